The molecule has 1 amide bonds. The molecule has 20 heavy (non-hydrogen) atoms. The smallest absolute Gasteiger partial charge is 0.332 e. The van der Waals surface area contributed by atoms with E-state index in [0.29, 0.717) is 12.8 Å². The highest BCUT2D eigenvalue weighted by Gasteiger charge is 2.46. The van der Waals surface area contributed by atoms with E-state index in [1.54, 1.807) is 6.92 Å². The first kappa shape index (κ1) is 14.5. The van der Waals surface area contributed by atoms with Crippen LogP contribution in [-0.2, 0) is 31.9 Å². The molecular weight excluding hydrogens is 258 g/mol. The van der Waals surface area contributed by atoms with E-state index >= 15 is 0 Å². The molecule has 1 aliphatic carbocycles. The lowest BCUT2D eigenvalue weighted by atomic mass is 9.95. The number of fused-ring (bicyclic) bond motifs is 1. The van der Waals surface area contributed by atoms with Gasteiger partial charge in [-0.15, -0.1) is 0 Å². The Bertz CT molecular complexity index is 487. The van der Waals surface area contributed by atoms with Crippen LogP contribution in [0.2, 0.25) is 0 Å². The zero-order valence-corrected chi connectivity index (χ0v) is 11.8. The van der Waals surface area contributed by atoms with Gasteiger partial charge in [0.1, 0.15) is 12.1 Å². The van der Waals surface area contributed by atoms with Crippen LogP contribution >= 0.6 is 0 Å². The first-order valence-electron chi connectivity index (χ1n) is 6.65. The average molecular weight is 277 g/mol. The summed E-state index contributed by atoms with van der Waals surface area (Å²) in [6.45, 7) is 1.97. The lowest BCUT2D eigenvalue weighted by molar-refractivity contribution is -0.153. The maximum atomic E-state index is 12.3. The number of amides is 1. The third-order valence-electron chi connectivity index (χ3n) is 3.42. The van der Waals surface area contributed by atoms with Crippen LogP contribution in [0, 0.1) is 0 Å². The highest BCUT2D eigenvalue weighted by molar-refractivity contribution is 5.90. The van der Waals surface area contributed by atoms with Gasteiger partial charge in [0, 0.05) is 20.0 Å². The fourth-order valence-electron chi connectivity index (χ4n) is 2.60. The Hall–Kier alpha value is -1.88. The second-order valence-corrected chi connectivity index (χ2v) is 4.91. The molecule has 0 heterocycles. The van der Waals surface area contributed by atoms with Gasteiger partial charge in [-0.3, -0.25) is 4.79 Å². The van der Waals surface area contributed by atoms with Crippen molar-refractivity contribution < 1.29 is 19.1 Å². The van der Waals surface area contributed by atoms with Crippen LogP contribution in [0.25, 0.3) is 0 Å². The molecule has 5 heteroatoms. The van der Waals surface area contributed by atoms with Gasteiger partial charge in [0.05, 0.1) is 6.61 Å². The molecule has 1 N–H and O–H groups in total. The number of ether oxygens (including phenoxy) is 2. The van der Waals surface area contributed by atoms with E-state index < -0.39 is 5.54 Å². The standard InChI is InChI=1S/C15H19NO4/c1-3-20-14(18)15(16-13(17)10-19-2)8-11-6-4-5-7-12(11)9-15/h4-7H,3,8-10H2,1-2H3,(H,16,17). The SMILES string of the molecule is CCOC(=O)C1(NC(=O)COC)Cc2ccccc2C1. The Labute approximate surface area is 118 Å². The molecule has 5 nitrogen and oxygen atoms in total. The van der Waals surface area contributed by atoms with Crippen LogP contribution in [-0.4, -0.2) is 37.7 Å². The van der Waals surface area contributed by atoms with E-state index in [9.17, 15) is 9.59 Å². The van der Waals surface area contributed by atoms with Crippen LogP contribution in [0.4, 0.5) is 0 Å². The highest BCUT2D eigenvalue weighted by Crippen LogP contribution is 2.31. The van der Waals surface area contributed by atoms with E-state index in [1.165, 1.54) is 7.11 Å². The van der Waals surface area contributed by atoms with Crippen molar-refractivity contribution in [3.8, 4) is 0 Å². The molecule has 0 aliphatic heterocycles. The molecule has 1 aliphatic rings. The lowest BCUT2D eigenvalue weighted by Gasteiger charge is -2.27. The van der Waals surface area contributed by atoms with Crippen molar-refractivity contribution in [1.29, 1.82) is 0 Å². The summed E-state index contributed by atoms with van der Waals surface area (Å²) in [6.07, 6.45) is 0.912. The normalized spacial score (nSPS) is 15.5. The number of nitrogens with one attached hydrogen (secondary N) is 1. The van der Waals surface area contributed by atoms with E-state index in [-0.39, 0.29) is 25.1 Å². The van der Waals surface area contributed by atoms with Crippen LogP contribution < -0.4 is 5.32 Å². The third kappa shape index (κ3) is 2.82. The summed E-state index contributed by atoms with van der Waals surface area (Å²) in [6, 6.07) is 7.80. The van der Waals surface area contributed by atoms with Crippen molar-refractivity contribution in [1.82, 2.24) is 5.32 Å². The largest absolute Gasteiger partial charge is 0.464 e. The van der Waals surface area contributed by atoms with Gasteiger partial charge >= 0.3 is 5.97 Å². The molecule has 0 saturated carbocycles. The topological polar surface area (TPSA) is 64.6 Å². The van der Waals surface area contributed by atoms with Crippen molar-refractivity contribution in [2.45, 2.75) is 25.3 Å². The Morgan fingerprint density at radius 2 is 1.85 bits per heavy atom. The maximum absolute atomic E-state index is 12.3. The number of hydrogen-bond donors (Lipinski definition) is 1. The van der Waals surface area contributed by atoms with E-state index in [1.807, 2.05) is 24.3 Å². The number of rotatable bonds is 5. The number of carbonyl (C=O) groups is 2. The second kappa shape index (κ2) is 6.05. The second-order valence-electron chi connectivity index (χ2n) is 4.91. The molecule has 0 aromatic heterocycles. The minimum absolute atomic E-state index is 0.0719. The third-order valence-corrected chi connectivity index (χ3v) is 3.42. The summed E-state index contributed by atoms with van der Waals surface area (Å²) in [5.41, 5.74) is 1.13. The summed E-state index contributed by atoms with van der Waals surface area (Å²) in [7, 11) is 1.44. The fourth-order valence-corrected chi connectivity index (χ4v) is 2.60. The highest BCUT2D eigenvalue weighted by atomic mass is 16.5. The summed E-state index contributed by atoms with van der Waals surface area (Å²) < 4.78 is 9.96. The predicted molar refractivity (Wildman–Crippen MR) is 73.2 cm³/mol. The monoisotopic (exact) mass is 277 g/mol. The lowest BCUT2D eigenvalue weighted by Crippen LogP contribution is -2.57. The van der Waals surface area contributed by atoms with Crippen molar-refractivity contribution in [2.24, 2.45) is 0 Å². The molecule has 0 unspecified atom stereocenters. The van der Waals surface area contributed by atoms with Crippen molar-refractivity contribution in [3.63, 3.8) is 0 Å². The minimum atomic E-state index is -1.00. The van der Waals surface area contributed by atoms with E-state index in [0.717, 1.165) is 11.1 Å². The molecule has 0 radical (unpaired) electrons. The first-order chi connectivity index (χ1) is 9.61. The molecule has 1 aromatic carbocycles. The zero-order valence-electron chi connectivity index (χ0n) is 11.8. The first-order valence-corrected chi connectivity index (χ1v) is 6.65. The molecule has 0 atom stereocenters. The van der Waals surface area contributed by atoms with Gasteiger partial charge in [0.25, 0.3) is 0 Å². The van der Waals surface area contributed by atoms with Gasteiger partial charge in [-0.2, -0.15) is 0 Å². The molecule has 1 aromatic rings. The fraction of sp³-hybridized carbons (Fsp3) is 0.467. The van der Waals surface area contributed by atoms with Crippen molar-refractivity contribution in [2.75, 3.05) is 20.3 Å². The maximum Gasteiger partial charge on any atom is 0.332 e. The summed E-state index contributed by atoms with van der Waals surface area (Å²) in [5.74, 6) is -0.700. The molecule has 0 saturated heterocycles. The van der Waals surface area contributed by atoms with Crippen molar-refractivity contribution >= 4 is 11.9 Å². The predicted octanol–water partition coefficient (Wildman–Crippen LogP) is 0.850. The zero-order chi connectivity index (χ0) is 14.6. The molecule has 0 spiro atoms. The molecule has 0 bridgehead atoms. The van der Waals surface area contributed by atoms with Crippen LogP contribution in [0.1, 0.15) is 18.1 Å². The Morgan fingerprint density at radius 1 is 1.25 bits per heavy atom. The molecule has 2 rings (SSSR count). The van der Waals surface area contributed by atoms with Crippen LogP contribution in [0.15, 0.2) is 24.3 Å². The number of esters is 1. The minimum Gasteiger partial charge on any atom is -0.464 e. The molecule has 108 valence electrons. The Balaban J connectivity index is 2.24. The van der Waals surface area contributed by atoms with Crippen LogP contribution in [0.5, 0.6) is 0 Å². The summed E-state index contributed by atoms with van der Waals surface area (Å²) in [5, 5.41) is 2.79. The molecule has 0 fully saturated rings. The number of hydrogen-bond acceptors (Lipinski definition) is 4. The van der Waals surface area contributed by atoms with Gasteiger partial charge in [0.15, 0.2) is 0 Å². The Morgan fingerprint density at radius 3 is 2.35 bits per heavy atom. The van der Waals surface area contributed by atoms with Crippen molar-refractivity contribution in [3.05, 3.63) is 35.4 Å². The van der Waals surface area contributed by atoms with E-state index in [2.05, 4.69) is 5.32 Å². The number of benzene rings is 1. The van der Waals surface area contributed by atoms with Gasteiger partial charge in [-0.25, -0.2) is 4.79 Å². The van der Waals surface area contributed by atoms with Gasteiger partial charge in [-0.1, -0.05) is 24.3 Å². The van der Waals surface area contributed by atoms with Gasteiger partial charge in [-0.05, 0) is 18.1 Å². The molecular formula is C15H19NO4. The Kier molecular flexibility index (Phi) is 4.39. The quantitative estimate of drug-likeness (QED) is 0.810. The number of methoxy groups -OCH3 is 1. The van der Waals surface area contributed by atoms with Gasteiger partial charge < -0.3 is 14.8 Å². The van der Waals surface area contributed by atoms with Gasteiger partial charge in [0.2, 0.25) is 5.91 Å². The summed E-state index contributed by atoms with van der Waals surface area (Å²) >= 11 is 0. The average Bonchev–Trinajstić information content (AvgIpc) is 2.78. The summed E-state index contributed by atoms with van der Waals surface area (Å²) in [4.78, 5) is 24.1. The van der Waals surface area contributed by atoms with E-state index in [4.69, 9.17) is 9.47 Å². The van der Waals surface area contributed by atoms with Crippen LogP contribution in [0.3, 0.4) is 0 Å². The number of carbonyl (C=O) groups excluding carboxylic acids is 2.